The largest absolute Gasteiger partial charge is 0.383 e. The van der Waals surface area contributed by atoms with Gasteiger partial charge in [-0.05, 0) is 11.4 Å². The van der Waals surface area contributed by atoms with Crippen LogP contribution in [0.4, 0.5) is 5.82 Å². The summed E-state index contributed by atoms with van der Waals surface area (Å²) < 4.78 is 1.83. The van der Waals surface area contributed by atoms with Crippen LogP contribution in [0.15, 0.2) is 22.8 Å². The zero-order valence-electron chi connectivity index (χ0n) is 10.00. The number of imidazole rings is 1. The Morgan fingerprint density at radius 1 is 1.47 bits per heavy atom. The molecule has 5 nitrogen and oxygen atoms in total. The number of hydrogen-bond donors (Lipinski definition) is 1. The number of thiophene rings is 1. The van der Waals surface area contributed by atoms with Crippen molar-refractivity contribution in [1.82, 2.24) is 19.5 Å². The van der Waals surface area contributed by atoms with Gasteiger partial charge in [-0.25, -0.2) is 15.0 Å². The van der Waals surface area contributed by atoms with Gasteiger partial charge < -0.3 is 10.3 Å². The van der Waals surface area contributed by atoms with E-state index in [0.29, 0.717) is 21.9 Å². The van der Waals surface area contributed by atoms with Crippen molar-refractivity contribution in [3.63, 3.8) is 0 Å². The minimum atomic E-state index is 0.520. The lowest BCUT2D eigenvalue weighted by molar-refractivity contribution is 0.848. The molecule has 0 aliphatic heterocycles. The van der Waals surface area contributed by atoms with Crippen LogP contribution in [0.1, 0.15) is 5.82 Å². The van der Waals surface area contributed by atoms with Crippen molar-refractivity contribution >= 4 is 50.7 Å². The first kappa shape index (κ1) is 12.7. The number of hydrogen-bond acceptors (Lipinski definition) is 6. The van der Waals surface area contributed by atoms with Crippen LogP contribution < -0.4 is 5.73 Å². The van der Waals surface area contributed by atoms with Crippen molar-refractivity contribution in [3.05, 3.63) is 28.6 Å². The van der Waals surface area contributed by atoms with E-state index in [1.807, 2.05) is 23.1 Å². The van der Waals surface area contributed by atoms with Crippen LogP contribution in [0.2, 0.25) is 5.15 Å². The van der Waals surface area contributed by atoms with Crippen LogP contribution in [0, 0.1) is 0 Å². The van der Waals surface area contributed by atoms with E-state index in [9.17, 15) is 0 Å². The van der Waals surface area contributed by atoms with Crippen LogP contribution in [-0.4, -0.2) is 19.5 Å². The Morgan fingerprint density at radius 2 is 2.32 bits per heavy atom. The molecule has 0 amide bonds. The monoisotopic (exact) mass is 311 g/mol. The summed E-state index contributed by atoms with van der Waals surface area (Å²) in [4.78, 5) is 13.9. The average molecular weight is 312 g/mol. The maximum atomic E-state index is 5.94. The van der Waals surface area contributed by atoms with E-state index in [2.05, 4.69) is 15.0 Å². The maximum absolute atomic E-state index is 5.94. The van der Waals surface area contributed by atoms with Gasteiger partial charge in [0.15, 0.2) is 5.16 Å². The Labute approximate surface area is 122 Å². The molecule has 3 aromatic rings. The Hall–Kier alpha value is -1.31. The normalized spacial score (nSPS) is 11.3. The molecule has 2 N–H and O–H groups in total. The Bertz CT molecular complexity index is 736. The lowest BCUT2D eigenvalue weighted by Gasteiger charge is -2.03. The lowest BCUT2D eigenvalue weighted by Crippen LogP contribution is -1.98. The molecule has 3 heterocycles. The molecule has 3 aromatic heterocycles. The van der Waals surface area contributed by atoms with Crippen LogP contribution in [-0.2, 0) is 12.8 Å². The van der Waals surface area contributed by atoms with Gasteiger partial charge in [-0.2, -0.15) is 0 Å². The zero-order valence-corrected chi connectivity index (χ0v) is 12.4. The number of aromatic nitrogens is 4. The standard InChI is InChI=1S/C11H10ClN5S2/c1-17-7(12)4-14-8(17)5-19-11-15-9(13)6-2-3-18-10(6)16-11/h2-4H,5H2,1H3,(H2,13,15,16). The summed E-state index contributed by atoms with van der Waals surface area (Å²) >= 11 is 9.00. The first-order chi connectivity index (χ1) is 9.15. The van der Waals surface area contributed by atoms with Gasteiger partial charge in [-0.15, -0.1) is 11.3 Å². The molecule has 0 aliphatic rings. The molecule has 0 saturated carbocycles. The summed E-state index contributed by atoms with van der Waals surface area (Å²) in [5, 5.41) is 4.15. The van der Waals surface area contributed by atoms with Crippen molar-refractivity contribution < 1.29 is 0 Å². The van der Waals surface area contributed by atoms with Gasteiger partial charge in [0.2, 0.25) is 0 Å². The fourth-order valence-corrected chi connectivity index (χ4v) is 3.43. The van der Waals surface area contributed by atoms with Gasteiger partial charge in [0, 0.05) is 7.05 Å². The quantitative estimate of drug-likeness (QED) is 0.595. The third-order valence-electron chi connectivity index (χ3n) is 2.69. The van der Waals surface area contributed by atoms with Crippen molar-refractivity contribution in [2.75, 3.05) is 5.73 Å². The van der Waals surface area contributed by atoms with Crippen molar-refractivity contribution in [3.8, 4) is 0 Å². The molecule has 0 spiro atoms. The first-order valence-corrected chi connectivity index (χ1v) is 7.69. The molecule has 19 heavy (non-hydrogen) atoms. The minimum absolute atomic E-state index is 0.520. The second-order valence-electron chi connectivity index (χ2n) is 3.88. The van der Waals surface area contributed by atoms with Crippen molar-refractivity contribution in [2.45, 2.75) is 10.9 Å². The molecule has 0 aliphatic carbocycles. The molecule has 0 unspecified atom stereocenters. The maximum Gasteiger partial charge on any atom is 0.191 e. The second-order valence-corrected chi connectivity index (χ2v) is 6.10. The van der Waals surface area contributed by atoms with Gasteiger partial charge in [0.1, 0.15) is 21.6 Å². The van der Waals surface area contributed by atoms with Crippen LogP contribution in [0.3, 0.4) is 0 Å². The predicted octanol–water partition coefficient (Wildman–Crippen LogP) is 2.95. The fraction of sp³-hybridized carbons (Fsp3) is 0.182. The highest BCUT2D eigenvalue weighted by molar-refractivity contribution is 7.98. The number of nitrogens with zero attached hydrogens (tertiary/aromatic N) is 4. The molecule has 0 atom stereocenters. The minimum Gasteiger partial charge on any atom is -0.383 e. The Morgan fingerprint density at radius 3 is 3.05 bits per heavy atom. The average Bonchev–Trinajstić information content (AvgIpc) is 2.97. The number of halogens is 1. The van der Waals surface area contributed by atoms with Crippen molar-refractivity contribution in [1.29, 1.82) is 0 Å². The molecule has 3 rings (SSSR count). The third-order valence-corrected chi connectivity index (χ3v) is 4.69. The van der Waals surface area contributed by atoms with E-state index < -0.39 is 0 Å². The SMILES string of the molecule is Cn1c(Cl)cnc1CSc1nc(N)c2ccsc2n1. The van der Waals surface area contributed by atoms with E-state index in [0.717, 1.165) is 16.0 Å². The highest BCUT2D eigenvalue weighted by Gasteiger charge is 2.09. The summed E-state index contributed by atoms with van der Waals surface area (Å²) in [6.45, 7) is 0. The van der Waals surface area contributed by atoms with E-state index in [4.69, 9.17) is 17.3 Å². The number of rotatable bonds is 3. The predicted molar refractivity (Wildman–Crippen MR) is 79.6 cm³/mol. The molecule has 0 radical (unpaired) electrons. The molecule has 0 saturated heterocycles. The van der Waals surface area contributed by atoms with Gasteiger partial charge in [0.25, 0.3) is 0 Å². The first-order valence-electron chi connectivity index (χ1n) is 5.45. The van der Waals surface area contributed by atoms with Gasteiger partial charge >= 0.3 is 0 Å². The number of fused-ring (bicyclic) bond motifs is 1. The van der Waals surface area contributed by atoms with Gasteiger partial charge in [-0.3, -0.25) is 0 Å². The lowest BCUT2D eigenvalue weighted by atomic mass is 10.4. The van der Waals surface area contributed by atoms with E-state index in [1.54, 1.807) is 17.5 Å². The topological polar surface area (TPSA) is 69.6 Å². The molecule has 98 valence electrons. The van der Waals surface area contributed by atoms with Crippen molar-refractivity contribution in [2.24, 2.45) is 7.05 Å². The van der Waals surface area contributed by atoms with Gasteiger partial charge in [0.05, 0.1) is 17.3 Å². The molecule has 0 aromatic carbocycles. The molecule has 8 heteroatoms. The summed E-state index contributed by atoms with van der Waals surface area (Å²) in [6, 6.07) is 1.93. The summed E-state index contributed by atoms with van der Waals surface area (Å²) in [5.74, 6) is 2.05. The number of thioether (sulfide) groups is 1. The molecular formula is C11H10ClN5S2. The Kier molecular flexibility index (Phi) is 3.34. The molecular weight excluding hydrogens is 302 g/mol. The number of nitrogens with two attached hydrogens (primary N) is 1. The number of anilines is 1. The van der Waals surface area contributed by atoms with Gasteiger partial charge in [-0.1, -0.05) is 23.4 Å². The smallest absolute Gasteiger partial charge is 0.191 e. The second kappa shape index (κ2) is 4.99. The highest BCUT2D eigenvalue weighted by atomic mass is 35.5. The third kappa shape index (κ3) is 2.41. The van der Waals surface area contributed by atoms with Crippen LogP contribution >= 0.6 is 34.7 Å². The molecule has 0 bridgehead atoms. The highest BCUT2D eigenvalue weighted by Crippen LogP contribution is 2.27. The van der Waals surface area contributed by atoms with E-state index >= 15 is 0 Å². The summed E-state index contributed by atoms with van der Waals surface area (Å²) in [5.41, 5.74) is 5.90. The fourth-order valence-electron chi connectivity index (χ4n) is 1.61. The van der Waals surface area contributed by atoms with Crippen LogP contribution in [0.5, 0.6) is 0 Å². The van der Waals surface area contributed by atoms with E-state index in [-0.39, 0.29) is 0 Å². The zero-order chi connectivity index (χ0) is 13.4. The Balaban J connectivity index is 1.83. The molecule has 0 fully saturated rings. The van der Waals surface area contributed by atoms with E-state index in [1.165, 1.54) is 11.8 Å². The number of nitrogen functional groups attached to an aromatic ring is 1. The van der Waals surface area contributed by atoms with Crippen LogP contribution in [0.25, 0.3) is 10.2 Å². The summed E-state index contributed by atoms with van der Waals surface area (Å²) in [6.07, 6.45) is 1.63. The summed E-state index contributed by atoms with van der Waals surface area (Å²) in [7, 11) is 1.88.